The Labute approximate surface area is 138 Å². The Balaban J connectivity index is 3.14. The Kier molecular flexibility index (Phi) is 6.55. The summed E-state index contributed by atoms with van der Waals surface area (Å²) < 4.78 is 44.1. The molecule has 1 atom stereocenters. The summed E-state index contributed by atoms with van der Waals surface area (Å²) in [5.41, 5.74) is 9.25. The lowest BCUT2D eigenvalue weighted by molar-refractivity contribution is -0.166. The van der Waals surface area contributed by atoms with Crippen LogP contribution < -0.4 is 16.8 Å². The van der Waals surface area contributed by atoms with Crippen LogP contribution in [0.5, 0.6) is 0 Å². The number of nitrogens with two attached hydrogens (primary N) is 2. The van der Waals surface area contributed by atoms with E-state index in [0.717, 1.165) is 18.6 Å². The minimum atomic E-state index is -4.61. The zero-order chi connectivity index (χ0) is 17.7. The molecule has 0 aliphatic carbocycles. The van der Waals surface area contributed by atoms with E-state index < -0.39 is 11.7 Å². The molecule has 0 amide bonds. The maximum atomic E-state index is 13.0. The smallest absolute Gasteiger partial charge is 0.409 e. The SMILES string of the molecule is C/C(=C\C=C(/S)N/C(=C\C(C)(N)C(F)(F)F)c1ccco1)CN. The van der Waals surface area contributed by atoms with Crippen LogP contribution in [0.1, 0.15) is 19.6 Å². The first-order valence-corrected chi connectivity index (χ1v) is 7.17. The molecule has 4 nitrogen and oxygen atoms in total. The second kappa shape index (κ2) is 7.76. The molecule has 0 saturated carbocycles. The Morgan fingerprint density at radius 2 is 2.04 bits per heavy atom. The third-order valence-electron chi connectivity index (χ3n) is 2.95. The van der Waals surface area contributed by atoms with Gasteiger partial charge in [0.25, 0.3) is 0 Å². The molecule has 0 fully saturated rings. The maximum Gasteiger partial charge on any atom is 0.409 e. The van der Waals surface area contributed by atoms with Crippen LogP contribution in [0.15, 0.2) is 51.6 Å². The molecular formula is C15H20F3N3OS. The van der Waals surface area contributed by atoms with Gasteiger partial charge < -0.3 is 21.2 Å². The molecule has 8 heteroatoms. The summed E-state index contributed by atoms with van der Waals surface area (Å²) in [6.07, 6.45) is 0.898. The number of rotatable bonds is 6. The van der Waals surface area contributed by atoms with Crippen LogP contribution in [-0.4, -0.2) is 18.3 Å². The summed E-state index contributed by atoms with van der Waals surface area (Å²) in [6.45, 7) is 3.06. The average molecular weight is 347 g/mol. The molecule has 0 aliphatic heterocycles. The van der Waals surface area contributed by atoms with Gasteiger partial charge in [-0.25, -0.2) is 0 Å². The van der Waals surface area contributed by atoms with Crippen molar-refractivity contribution in [1.82, 2.24) is 5.32 Å². The predicted octanol–water partition coefficient (Wildman–Crippen LogP) is 3.17. The summed E-state index contributed by atoms with van der Waals surface area (Å²) in [5.74, 6) is 0.213. The lowest BCUT2D eigenvalue weighted by Gasteiger charge is -2.25. The van der Waals surface area contributed by atoms with E-state index >= 15 is 0 Å². The summed E-state index contributed by atoms with van der Waals surface area (Å²) in [4.78, 5) is 0. The number of halogens is 3. The van der Waals surface area contributed by atoms with Crippen LogP contribution in [-0.2, 0) is 0 Å². The zero-order valence-electron chi connectivity index (χ0n) is 12.8. The van der Waals surface area contributed by atoms with Gasteiger partial charge in [-0.2, -0.15) is 13.2 Å². The van der Waals surface area contributed by atoms with Crippen molar-refractivity contribution in [3.05, 3.63) is 53.0 Å². The fourth-order valence-corrected chi connectivity index (χ4v) is 1.65. The van der Waals surface area contributed by atoms with Gasteiger partial charge in [-0.15, -0.1) is 12.6 Å². The van der Waals surface area contributed by atoms with Crippen LogP contribution in [0.2, 0.25) is 0 Å². The molecule has 0 aliphatic rings. The van der Waals surface area contributed by atoms with Crippen molar-refractivity contribution in [2.45, 2.75) is 25.6 Å². The molecule has 1 aromatic heterocycles. The van der Waals surface area contributed by atoms with Crippen molar-refractivity contribution in [2.75, 3.05) is 6.54 Å². The second-order valence-electron chi connectivity index (χ2n) is 5.21. The first kappa shape index (κ1) is 19.4. The minimum absolute atomic E-state index is 0.0670. The van der Waals surface area contributed by atoms with Crippen LogP contribution in [0.3, 0.4) is 0 Å². The molecule has 0 saturated heterocycles. The lowest BCUT2D eigenvalue weighted by Crippen LogP contribution is -2.49. The van der Waals surface area contributed by atoms with Gasteiger partial charge in [-0.05, 0) is 38.1 Å². The summed E-state index contributed by atoms with van der Waals surface area (Å²) >= 11 is 4.20. The van der Waals surface area contributed by atoms with E-state index in [1.807, 2.05) is 6.92 Å². The standard InChI is InChI=1S/C15H20F3N3OS/c1-10(9-19)5-6-13(23)21-11(12-4-3-7-22-12)8-14(2,20)15(16,17)18/h3-8,21,23H,9,19-20H2,1-2H3/b10-5+,11-8-,13-6-. The first-order chi connectivity index (χ1) is 10.6. The Hall–Kier alpha value is -1.64. The van der Waals surface area contributed by atoms with E-state index in [4.69, 9.17) is 15.9 Å². The van der Waals surface area contributed by atoms with Gasteiger partial charge in [0.2, 0.25) is 0 Å². The second-order valence-corrected chi connectivity index (χ2v) is 5.69. The molecule has 0 spiro atoms. The normalized spacial score (nSPS) is 17.1. The molecule has 23 heavy (non-hydrogen) atoms. The van der Waals surface area contributed by atoms with Gasteiger partial charge in [0.05, 0.1) is 17.0 Å². The Bertz CT molecular complexity index is 602. The number of nitrogens with one attached hydrogen (secondary N) is 1. The molecule has 0 aromatic carbocycles. The number of furan rings is 1. The van der Waals surface area contributed by atoms with Gasteiger partial charge in [-0.3, -0.25) is 0 Å². The minimum Gasteiger partial charge on any atom is -0.463 e. The number of thiol groups is 1. The first-order valence-electron chi connectivity index (χ1n) is 6.72. The molecule has 1 unspecified atom stereocenters. The van der Waals surface area contributed by atoms with Crippen molar-refractivity contribution < 1.29 is 17.6 Å². The zero-order valence-corrected chi connectivity index (χ0v) is 13.7. The van der Waals surface area contributed by atoms with E-state index in [1.54, 1.807) is 18.2 Å². The van der Waals surface area contributed by atoms with E-state index in [9.17, 15) is 13.2 Å². The average Bonchev–Trinajstić information content (AvgIpc) is 2.96. The van der Waals surface area contributed by atoms with Crippen molar-refractivity contribution in [3.63, 3.8) is 0 Å². The lowest BCUT2D eigenvalue weighted by atomic mass is 10.0. The number of hydrogen-bond donors (Lipinski definition) is 4. The fraction of sp³-hybridized carbons (Fsp3) is 0.333. The highest BCUT2D eigenvalue weighted by Gasteiger charge is 2.47. The van der Waals surface area contributed by atoms with Crippen LogP contribution in [0.4, 0.5) is 13.2 Å². The highest BCUT2D eigenvalue weighted by molar-refractivity contribution is 7.84. The van der Waals surface area contributed by atoms with Crippen molar-refractivity contribution in [3.8, 4) is 0 Å². The van der Waals surface area contributed by atoms with Crippen molar-refractivity contribution in [2.24, 2.45) is 11.5 Å². The van der Waals surface area contributed by atoms with E-state index in [-0.39, 0.29) is 11.5 Å². The van der Waals surface area contributed by atoms with Gasteiger partial charge >= 0.3 is 6.18 Å². The largest absolute Gasteiger partial charge is 0.463 e. The number of alkyl halides is 3. The van der Waals surface area contributed by atoms with Crippen molar-refractivity contribution in [1.29, 1.82) is 0 Å². The van der Waals surface area contributed by atoms with Crippen LogP contribution >= 0.6 is 12.6 Å². The Morgan fingerprint density at radius 3 is 2.52 bits per heavy atom. The van der Waals surface area contributed by atoms with E-state index in [2.05, 4.69) is 17.9 Å². The van der Waals surface area contributed by atoms with E-state index in [1.165, 1.54) is 12.3 Å². The molecule has 0 radical (unpaired) electrons. The van der Waals surface area contributed by atoms with Crippen LogP contribution in [0.25, 0.3) is 5.70 Å². The third-order valence-corrected chi connectivity index (χ3v) is 3.21. The highest BCUT2D eigenvalue weighted by atomic mass is 32.1. The Morgan fingerprint density at radius 1 is 1.39 bits per heavy atom. The summed E-state index contributed by atoms with van der Waals surface area (Å²) in [6, 6.07) is 3.08. The number of hydrogen-bond acceptors (Lipinski definition) is 5. The predicted molar refractivity (Wildman–Crippen MR) is 88.3 cm³/mol. The van der Waals surface area contributed by atoms with Gasteiger partial charge in [0, 0.05) is 6.54 Å². The third kappa shape index (κ3) is 5.81. The van der Waals surface area contributed by atoms with Gasteiger partial charge in [0.1, 0.15) is 11.3 Å². The number of allylic oxidation sites excluding steroid dienone is 2. The molecule has 128 valence electrons. The maximum absolute atomic E-state index is 13.0. The van der Waals surface area contributed by atoms with E-state index in [0.29, 0.717) is 11.6 Å². The molecule has 1 aromatic rings. The molecule has 5 N–H and O–H groups in total. The van der Waals surface area contributed by atoms with Crippen LogP contribution in [0, 0.1) is 0 Å². The molecule has 0 bridgehead atoms. The summed E-state index contributed by atoms with van der Waals surface area (Å²) in [5, 5.41) is 3.07. The fourth-order valence-electron chi connectivity index (χ4n) is 1.45. The molecule has 1 heterocycles. The van der Waals surface area contributed by atoms with Crippen molar-refractivity contribution >= 4 is 18.3 Å². The summed E-state index contributed by atoms with van der Waals surface area (Å²) in [7, 11) is 0. The van der Waals surface area contributed by atoms with Gasteiger partial charge in [0.15, 0.2) is 0 Å². The molecule has 1 rings (SSSR count). The highest BCUT2D eigenvalue weighted by Crippen LogP contribution is 2.31. The van der Waals surface area contributed by atoms with Gasteiger partial charge in [-0.1, -0.05) is 11.6 Å². The monoisotopic (exact) mass is 347 g/mol. The quantitative estimate of drug-likeness (QED) is 0.471. The topological polar surface area (TPSA) is 77.2 Å². The molecular weight excluding hydrogens is 327 g/mol.